The number of carbonyl (C=O) groups is 2. The normalized spacial score (nSPS) is 16.0. The molecule has 30 heavy (non-hydrogen) atoms. The lowest BCUT2D eigenvalue weighted by molar-refractivity contribution is -0.145. The number of anilines is 1. The van der Waals surface area contributed by atoms with Gasteiger partial charge in [-0.25, -0.2) is 4.79 Å². The van der Waals surface area contributed by atoms with Gasteiger partial charge in [0.25, 0.3) is 5.91 Å². The molecule has 1 amide bonds. The molecule has 1 fully saturated rings. The maximum absolute atomic E-state index is 12.7. The van der Waals surface area contributed by atoms with E-state index in [1.54, 1.807) is 33.3 Å². The lowest BCUT2D eigenvalue weighted by Crippen LogP contribution is -2.42. The third-order valence-electron chi connectivity index (χ3n) is 5.47. The minimum absolute atomic E-state index is 0.156. The molecule has 0 spiro atoms. The van der Waals surface area contributed by atoms with Crippen LogP contribution in [-0.4, -0.2) is 58.1 Å². The van der Waals surface area contributed by atoms with Gasteiger partial charge in [0.1, 0.15) is 6.04 Å². The van der Waals surface area contributed by atoms with Gasteiger partial charge >= 0.3 is 5.97 Å². The molecule has 0 bridgehead atoms. The third kappa shape index (κ3) is 6.71. The summed E-state index contributed by atoms with van der Waals surface area (Å²) in [5.74, 6) is 0.00865. The zero-order chi connectivity index (χ0) is 22.1. The number of methoxy groups -OCH3 is 2. The number of hydrogen-bond acceptors (Lipinski definition) is 6. The largest absolute Gasteiger partial charge is 0.464 e. The Labute approximate surface area is 180 Å². The van der Waals surface area contributed by atoms with Gasteiger partial charge in [-0.3, -0.25) is 4.79 Å². The Morgan fingerprint density at radius 3 is 2.20 bits per heavy atom. The standard InChI is InChI=1S/C23H36N2O5/c1-6-30-22(27)20(15-16(2)3)24-21(26)17-7-9-19(10-8-17)25-13-11-18(12-14-25)23(28-4)29-5/h7-10,16,18,20,23H,6,11-15H2,1-5H3,(H,24,26). The van der Waals surface area contributed by atoms with Crippen LogP contribution in [0.15, 0.2) is 24.3 Å². The molecule has 1 aromatic rings. The van der Waals surface area contributed by atoms with Gasteiger partial charge in [-0.05, 0) is 56.4 Å². The van der Waals surface area contributed by atoms with Crippen molar-refractivity contribution >= 4 is 17.6 Å². The van der Waals surface area contributed by atoms with Crippen LogP contribution in [0.1, 0.15) is 50.4 Å². The summed E-state index contributed by atoms with van der Waals surface area (Å²) in [6, 6.07) is 6.90. The van der Waals surface area contributed by atoms with E-state index in [0.29, 0.717) is 24.5 Å². The zero-order valence-corrected chi connectivity index (χ0v) is 18.8. The van der Waals surface area contributed by atoms with Crippen molar-refractivity contribution in [2.45, 2.75) is 52.4 Å². The van der Waals surface area contributed by atoms with Gasteiger partial charge in [-0.1, -0.05) is 13.8 Å². The van der Waals surface area contributed by atoms with E-state index in [2.05, 4.69) is 10.2 Å². The maximum atomic E-state index is 12.7. The van der Waals surface area contributed by atoms with E-state index in [1.807, 2.05) is 26.0 Å². The molecule has 1 aliphatic heterocycles. The third-order valence-corrected chi connectivity index (χ3v) is 5.47. The van der Waals surface area contributed by atoms with Crippen LogP contribution < -0.4 is 10.2 Å². The first-order valence-corrected chi connectivity index (χ1v) is 10.8. The fraction of sp³-hybridized carbons (Fsp3) is 0.652. The SMILES string of the molecule is CCOC(=O)C(CC(C)C)NC(=O)c1ccc(N2CCC(C(OC)OC)CC2)cc1. The number of ether oxygens (including phenoxy) is 3. The summed E-state index contributed by atoms with van der Waals surface area (Å²) in [5, 5.41) is 2.82. The molecule has 1 saturated heterocycles. The molecule has 7 nitrogen and oxygen atoms in total. The molecule has 0 aliphatic carbocycles. The van der Waals surface area contributed by atoms with Crippen LogP contribution in [0.4, 0.5) is 5.69 Å². The molecule has 0 aromatic heterocycles. The predicted octanol–water partition coefficient (Wildman–Crippen LogP) is 3.23. The van der Waals surface area contributed by atoms with E-state index >= 15 is 0 Å². The van der Waals surface area contributed by atoms with Crippen molar-refractivity contribution in [3.05, 3.63) is 29.8 Å². The summed E-state index contributed by atoms with van der Waals surface area (Å²) in [5.41, 5.74) is 1.62. The number of carbonyl (C=O) groups excluding carboxylic acids is 2. The molecule has 1 aromatic carbocycles. The van der Waals surface area contributed by atoms with Crippen molar-refractivity contribution in [3.8, 4) is 0 Å². The van der Waals surface area contributed by atoms with Crippen LogP contribution in [0.25, 0.3) is 0 Å². The first-order valence-electron chi connectivity index (χ1n) is 10.8. The minimum Gasteiger partial charge on any atom is -0.464 e. The fourth-order valence-electron chi connectivity index (χ4n) is 3.90. The van der Waals surface area contributed by atoms with Gasteiger partial charge in [-0.2, -0.15) is 0 Å². The van der Waals surface area contributed by atoms with E-state index in [0.717, 1.165) is 31.6 Å². The second kappa shape index (κ2) is 11.9. The van der Waals surface area contributed by atoms with Crippen molar-refractivity contribution in [1.29, 1.82) is 0 Å². The molecule has 1 N–H and O–H groups in total. The molecule has 0 saturated carbocycles. The smallest absolute Gasteiger partial charge is 0.328 e. The topological polar surface area (TPSA) is 77.1 Å². The highest BCUT2D eigenvalue weighted by molar-refractivity contribution is 5.97. The summed E-state index contributed by atoms with van der Waals surface area (Å²) >= 11 is 0. The Balaban J connectivity index is 1.96. The van der Waals surface area contributed by atoms with E-state index in [9.17, 15) is 9.59 Å². The van der Waals surface area contributed by atoms with E-state index in [1.165, 1.54) is 0 Å². The summed E-state index contributed by atoms with van der Waals surface area (Å²) in [6.45, 7) is 7.91. The lowest BCUT2D eigenvalue weighted by atomic mass is 9.95. The van der Waals surface area contributed by atoms with Crippen LogP contribution in [-0.2, 0) is 19.0 Å². The fourth-order valence-corrected chi connectivity index (χ4v) is 3.90. The van der Waals surface area contributed by atoms with Crippen molar-refractivity contribution in [2.75, 3.05) is 38.8 Å². The van der Waals surface area contributed by atoms with Crippen LogP contribution in [0.5, 0.6) is 0 Å². The molecule has 1 aliphatic rings. The van der Waals surface area contributed by atoms with Crippen LogP contribution >= 0.6 is 0 Å². The molecular weight excluding hydrogens is 384 g/mol. The maximum Gasteiger partial charge on any atom is 0.328 e. The van der Waals surface area contributed by atoms with Crippen LogP contribution in [0.3, 0.4) is 0 Å². The van der Waals surface area contributed by atoms with E-state index in [4.69, 9.17) is 14.2 Å². The molecule has 7 heteroatoms. The monoisotopic (exact) mass is 420 g/mol. The highest BCUT2D eigenvalue weighted by atomic mass is 16.7. The Hall–Kier alpha value is -2.12. The molecule has 1 unspecified atom stereocenters. The summed E-state index contributed by atoms with van der Waals surface area (Å²) in [7, 11) is 3.36. The minimum atomic E-state index is -0.634. The Morgan fingerprint density at radius 1 is 1.10 bits per heavy atom. The molecule has 1 heterocycles. The molecular formula is C23H36N2O5. The lowest BCUT2D eigenvalue weighted by Gasteiger charge is -2.36. The van der Waals surface area contributed by atoms with Gasteiger partial charge in [-0.15, -0.1) is 0 Å². The highest BCUT2D eigenvalue weighted by Crippen LogP contribution is 2.27. The number of hydrogen-bond donors (Lipinski definition) is 1. The second-order valence-corrected chi connectivity index (χ2v) is 8.12. The predicted molar refractivity (Wildman–Crippen MR) is 117 cm³/mol. The van der Waals surface area contributed by atoms with Gasteiger partial charge < -0.3 is 24.4 Å². The van der Waals surface area contributed by atoms with E-state index < -0.39 is 6.04 Å². The highest BCUT2D eigenvalue weighted by Gasteiger charge is 2.27. The van der Waals surface area contributed by atoms with Crippen LogP contribution in [0.2, 0.25) is 0 Å². The number of rotatable bonds is 10. The first-order chi connectivity index (χ1) is 14.4. The Morgan fingerprint density at radius 2 is 1.70 bits per heavy atom. The molecule has 168 valence electrons. The average molecular weight is 421 g/mol. The van der Waals surface area contributed by atoms with Crippen LogP contribution in [0, 0.1) is 11.8 Å². The second-order valence-electron chi connectivity index (χ2n) is 8.12. The zero-order valence-electron chi connectivity index (χ0n) is 18.8. The Bertz CT molecular complexity index is 665. The van der Waals surface area contributed by atoms with Gasteiger partial charge in [0.15, 0.2) is 6.29 Å². The number of esters is 1. The van der Waals surface area contributed by atoms with Crippen molar-refractivity contribution in [1.82, 2.24) is 5.32 Å². The molecule has 2 rings (SSSR count). The van der Waals surface area contributed by atoms with Crippen molar-refractivity contribution < 1.29 is 23.8 Å². The van der Waals surface area contributed by atoms with Gasteiger partial charge in [0, 0.05) is 44.5 Å². The number of benzene rings is 1. The number of nitrogens with zero attached hydrogens (tertiary/aromatic N) is 1. The van der Waals surface area contributed by atoms with E-state index in [-0.39, 0.29) is 24.1 Å². The summed E-state index contributed by atoms with van der Waals surface area (Å²) in [4.78, 5) is 27.1. The van der Waals surface area contributed by atoms with Gasteiger partial charge in [0.05, 0.1) is 6.61 Å². The molecule has 0 radical (unpaired) electrons. The number of nitrogens with one attached hydrogen (secondary N) is 1. The summed E-state index contributed by atoms with van der Waals surface area (Å²) < 4.78 is 15.9. The summed E-state index contributed by atoms with van der Waals surface area (Å²) in [6.07, 6.45) is 2.37. The average Bonchev–Trinajstić information content (AvgIpc) is 2.74. The molecule has 1 atom stereocenters. The quantitative estimate of drug-likeness (QED) is 0.463. The van der Waals surface area contributed by atoms with Crippen molar-refractivity contribution in [3.63, 3.8) is 0 Å². The number of amides is 1. The van der Waals surface area contributed by atoms with Gasteiger partial charge in [0.2, 0.25) is 0 Å². The first kappa shape index (κ1) is 24.2. The Kier molecular flexibility index (Phi) is 9.59. The number of piperidine rings is 1. The van der Waals surface area contributed by atoms with Crippen molar-refractivity contribution in [2.24, 2.45) is 11.8 Å².